The Labute approximate surface area is 96.6 Å². The number of furan rings is 1. The number of nitrogens with one attached hydrogen (secondary N) is 1. The Balaban J connectivity index is 2.40. The molecule has 2 heteroatoms. The van der Waals surface area contributed by atoms with Crippen LogP contribution in [0.2, 0.25) is 0 Å². The summed E-state index contributed by atoms with van der Waals surface area (Å²) in [5.41, 5.74) is 4.77. The fourth-order valence-corrected chi connectivity index (χ4v) is 1.99. The molecule has 1 heterocycles. The molecule has 1 N–H and O–H groups in total. The van der Waals surface area contributed by atoms with E-state index >= 15 is 0 Å². The second kappa shape index (κ2) is 4.30. The van der Waals surface area contributed by atoms with Gasteiger partial charge in [-0.15, -0.1) is 0 Å². The number of hydrogen-bond donors (Lipinski definition) is 1. The molecule has 1 aromatic carbocycles. The van der Waals surface area contributed by atoms with Crippen molar-refractivity contribution < 1.29 is 4.42 Å². The SMILES string of the molecule is Cc1cc(C)c2occ(CNC(C)C)c2c1. The minimum Gasteiger partial charge on any atom is -0.464 e. The summed E-state index contributed by atoms with van der Waals surface area (Å²) in [6.45, 7) is 9.39. The average molecular weight is 217 g/mol. The van der Waals surface area contributed by atoms with Gasteiger partial charge in [0.15, 0.2) is 0 Å². The van der Waals surface area contributed by atoms with E-state index in [1.165, 1.54) is 22.1 Å². The lowest BCUT2D eigenvalue weighted by Crippen LogP contribution is -2.21. The smallest absolute Gasteiger partial charge is 0.137 e. The first-order valence-corrected chi connectivity index (χ1v) is 5.78. The van der Waals surface area contributed by atoms with Gasteiger partial charge >= 0.3 is 0 Å². The molecule has 2 aromatic rings. The van der Waals surface area contributed by atoms with Crippen molar-refractivity contribution in [1.29, 1.82) is 0 Å². The normalized spacial score (nSPS) is 11.6. The Morgan fingerprint density at radius 3 is 2.69 bits per heavy atom. The first-order valence-electron chi connectivity index (χ1n) is 5.78. The molecule has 1 aromatic heterocycles. The molecule has 0 atom stereocenters. The van der Waals surface area contributed by atoms with Crippen molar-refractivity contribution in [3.8, 4) is 0 Å². The number of fused-ring (bicyclic) bond motifs is 1. The van der Waals surface area contributed by atoms with Crippen LogP contribution < -0.4 is 5.32 Å². The maximum absolute atomic E-state index is 5.63. The van der Waals surface area contributed by atoms with E-state index in [2.05, 4.69) is 45.1 Å². The maximum atomic E-state index is 5.63. The Morgan fingerprint density at radius 2 is 2.00 bits per heavy atom. The van der Waals surface area contributed by atoms with Gasteiger partial charge in [-0.1, -0.05) is 19.9 Å². The van der Waals surface area contributed by atoms with Crippen molar-refractivity contribution in [3.63, 3.8) is 0 Å². The van der Waals surface area contributed by atoms with E-state index in [4.69, 9.17) is 4.42 Å². The molecule has 0 unspecified atom stereocenters. The Bertz CT molecular complexity index is 497. The lowest BCUT2D eigenvalue weighted by Gasteiger charge is -2.06. The van der Waals surface area contributed by atoms with E-state index in [0.717, 1.165) is 12.1 Å². The summed E-state index contributed by atoms with van der Waals surface area (Å²) in [7, 11) is 0. The Hall–Kier alpha value is -1.28. The highest BCUT2D eigenvalue weighted by molar-refractivity contribution is 5.84. The van der Waals surface area contributed by atoms with E-state index in [0.29, 0.717) is 6.04 Å². The van der Waals surface area contributed by atoms with E-state index in [9.17, 15) is 0 Å². The topological polar surface area (TPSA) is 25.2 Å². The minimum atomic E-state index is 0.496. The predicted octanol–water partition coefficient (Wildman–Crippen LogP) is 3.55. The highest BCUT2D eigenvalue weighted by Crippen LogP contribution is 2.25. The third-order valence-corrected chi connectivity index (χ3v) is 2.78. The summed E-state index contributed by atoms with van der Waals surface area (Å²) in [4.78, 5) is 0. The zero-order valence-corrected chi connectivity index (χ0v) is 10.4. The van der Waals surface area contributed by atoms with Crippen LogP contribution in [0.15, 0.2) is 22.8 Å². The molecule has 0 aliphatic rings. The second-order valence-corrected chi connectivity index (χ2v) is 4.76. The summed E-state index contributed by atoms with van der Waals surface area (Å²) in [6.07, 6.45) is 1.87. The van der Waals surface area contributed by atoms with Crippen molar-refractivity contribution in [2.75, 3.05) is 0 Å². The van der Waals surface area contributed by atoms with Crippen molar-refractivity contribution >= 4 is 11.0 Å². The fourth-order valence-electron chi connectivity index (χ4n) is 1.99. The molecule has 2 rings (SSSR count). The van der Waals surface area contributed by atoms with Gasteiger partial charge in [0.1, 0.15) is 5.58 Å². The molecule has 0 saturated carbocycles. The van der Waals surface area contributed by atoms with Crippen LogP contribution in [-0.2, 0) is 6.54 Å². The molecule has 0 bridgehead atoms. The highest BCUT2D eigenvalue weighted by Gasteiger charge is 2.08. The van der Waals surface area contributed by atoms with Crippen LogP contribution >= 0.6 is 0 Å². The number of rotatable bonds is 3. The predicted molar refractivity (Wildman–Crippen MR) is 67.7 cm³/mol. The van der Waals surface area contributed by atoms with Gasteiger partial charge < -0.3 is 9.73 Å². The lowest BCUT2D eigenvalue weighted by atomic mass is 10.1. The summed E-state index contributed by atoms with van der Waals surface area (Å²) >= 11 is 0. The van der Waals surface area contributed by atoms with Crippen LogP contribution in [0.5, 0.6) is 0 Å². The van der Waals surface area contributed by atoms with Gasteiger partial charge in [0.05, 0.1) is 6.26 Å². The maximum Gasteiger partial charge on any atom is 0.137 e. The van der Waals surface area contributed by atoms with Gasteiger partial charge in [-0.05, 0) is 31.0 Å². The van der Waals surface area contributed by atoms with Gasteiger partial charge in [0.2, 0.25) is 0 Å². The second-order valence-electron chi connectivity index (χ2n) is 4.76. The van der Waals surface area contributed by atoms with Crippen LogP contribution in [0.4, 0.5) is 0 Å². The first-order chi connectivity index (χ1) is 7.58. The lowest BCUT2D eigenvalue weighted by molar-refractivity contribution is 0.572. The molecule has 0 aliphatic carbocycles. The van der Waals surface area contributed by atoms with Gasteiger partial charge in [-0.2, -0.15) is 0 Å². The monoisotopic (exact) mass is 217 g/mol. The van der Waals surface area contributed by atoms with Crippen molar-refractivity contribution in [2.24, 2.45) is 0 Å². The molecule has 0 amide bonds. The molecular formula is C14H19NO. The Kier molecular flexibility index (Phi) is 3.01. The molecule has 0 fully saturated rings. The summed E-state index contributed by atoms with van der Waals surface area (Å²) in [5, 5.41) is 4.66. The third-order valence-electron chi connectivity index (χ3n) is 2.78. The van der Waals surface area contributed by atoms with Crippen LogP contribution in [0.25, 0.3) is 11.0 Å². The average Bonchev–Trinajstić information content (AvgIpc) is 2.58. The summed E-state index contributed by atoms with van der Waals surface area (Å²) < 4.78 is 5.63. The van der Waals surface area contributed by atoms with Crippen LogP contribution in [-0.4, -0.2) is 6.04 Å². The minimum absolute atomic E-state index is 0.496. The largest absolute Gasteiger partial charge is 0.464 e. The zero-order chi connectivity index (χ0) is 11.7. The summed E-state index contributed by atoms with van der Waals surface area (Å²) in [6, 6.07) is 4.85. The molecule has 0 radical (unpaired) electrons. The van der Waals surface area contributed by atoms with Crippen molar-refractivity contribution in [3.05, 3.63) is 35.1 Å². The molecule has 2 nitrogen and oxygen atoms in total. The van der Waals surface area contributed by atoms with Gasteiger partial charge in [0, 0.05) is 23.5 Å². The number of aryl methyl sites for hydroxylation is 2. The van der Waals surface area contributed by atoms with Gasteiger partial charge in [0.25, 0.3) is 0 Å². The van der Waals surface area contributed by atoms with Crippen LogP contribution in [0.1, 0.15) is 30.5 Å². The van der Waals surface area contributed by atoms with Crippen molar-refractivity contribution in [2.45, 2.75) is 40.3 Å². The van der Waals surface area contributed by atoms with Gasteiger partial charge in [-0.25, -0.2) is 0 Å². The zero-order valence-electron chi connectivity index (χ0n) is 10.4. The van der Waals surface area contributed by atoms with Crippen molar-refractivity contribution in [1.82, 2.24) is 5.32 Å². The van der Waals surface area contributed by atoms with Gasteiger partial charge in [-0.3, -0.25) is 0 Å². The van der Waals surface area contributed by atoms with E-state index < -0.39 is 0 Å². The third kappa shape index (κ3) is 2.12. The number of hydrogen-bond acceptors (Lipinski definition) is 2. The molecule has 0 spiro atoms. The van der Waals surface area contributed by atoms with Crippen LogP contribution in [0, 0.1) is 13.8 Å². The molecule has 16 heavy (non-hydrogen) atoms. The first kappa shape index (κ1) is 11.2. The Morgan fingerprint density at radius 1 is 1.25 bits per heavy atom. The molecule has 0 saturated heterocycles. The van der Waals surface area contributed by atoms with E-state index in [1.807, 2.05) is 6.26 Å². The quantitative estimate of drug-likeness (QED) is 0.850. The molecule has 86 valence electrons. The van der Waals surface area contributed by atoms with E-state index in [1.54, 1.807) is 0 Å². The standard InChI is InChI=1S/C14H19NO/c1-9(2)15-7-12-8-16-14-11(4)5-10(3)6-13(12)14/h5-6,8-9,15H,7H2,1-4H3. The fraction of sp³-hybridized carbons (Fsp3) is 0.429. The summed E-state index contributed by atoms with van der Waals surface area (Å²) in [5.74, 6) is 0. The highest BCUT2D eigenvalue weighted by atomic mass is 16.3. The van der Waals surface area contributed by atoms with E-state index in [-0.39, 0.29) is 0 Å². The molecule has 0 aliphatic heterocycles. The molecular weight excluding hydrogens is 198 g/mol. The van der Waals surface area contributed by atoms with Crippen LogP contribution in [0.3, 0.4) is 0 Å². The number of benzene rings is 1.